The normalized spacial score (nSPS) is 19.9. The predicted octanol–water partition coefficient (Wildman–Crippen LogP) is 3.72. The molecule has 2 aromatic carbocycles. The summed E-state index contributed by atoms with van der Waals surface area (Å²) in [6.45, 7) is 2.10. The van der Waals surface area contributed by atoms with Crippen molar-refractivity contribution in [2.45, 2.75) is 25.4 Å². The summed E-state index contributed by atoms with van der Waals surface area (Å²) in [5.74, 6) is 0.241. The topological polar surface area (TPSA) is 20.3 Å². The number of β-lactam (4-membered cyclic amide) rings is 1. The van der Waals surface area contributed by atoms with Crippen molar-refractivity contribution in [2.24, 2.45) is 0 Å². The fourth-order valence-corrected chi connectivity index (χ4v) is 2.76. The van der Waals surface area contributed by atoms with Crippen molar-refractivity contribution in [3.8, 4) is 0 Å². The van der Waals surface area contributed by atoms with Crippen molar-refractivity contribution in [1.82, 2.24) is 4.90 Å². The molecule has 1 aliphatic rings. The van der Waals surface area contributed by atoms with E-state index in [4.69, 9.17) is 0 Å². The van der Waals surface area contributed by atoms with Gasteiger partial charge in [0, 0.05) is 0 Å². The largest absolute Gasteiger partial charge is 0.328 e. The number of carbonyl (C=O) groups excluding carboxylic acids is 1. The van der Waals surface area contributed by atoms with Crippen LogP contribution in [0, 0.1) is 0 Å². The first-order valence-electron chi connectivity index (χ1n) is 6.68. The zero-order chi connectivity index (χ0) is 13.2. The molecular formula is C17H17NO. The second-order valence-corrected chi connectivity index (χ2v) is 5.02. The van der Waals surface area contributed by atoms with E-state index in [9.17, 15) is 4.79 Å². The molecule has 0 radical (unpaired) electrons. The van der Waals surface area contributed by atoms with E-state index in [2.05, 4.69) is 31.2 Å². The molecule has 0 spiro atoms. The average Bonchev–Trinajstić information content (AvgIpc) is 2.46. The number of hydrogen-bond acceptors (Lipinski definition) is 1. The highest BCUT2D eigenvalue weighted by atomic mass is 16.2. The van der Waals surface area contributed by atoms with Crippen LogP contribution in [-0.4, -0.2) is 10.8 Å². The van der Waals surface area contributed by atoms with Crippen LogP contribution in [0.25, 0.3) is 0 Å². The minimum Gasteiger partial charge on any atom is -0.328 e. The molecule has 96 valence electrons. The molecule has 1 saturated heterocycles. The van der Waals surface area contributed by atoms with Crippen LogP contribution in [0.15, 0.2) is 60.7 Å². The van der Waals surface area contributed by atoms with Crippen molar-refractivity contribution in [2.75, 3.05) is 0 Å². The fourth-order valence-electron chi connectivity index (χ4n) is 2.76. The van der Waals surface area contributed by atoms with Crippen molar-refractivity contribution >= 4 is 5.91 Å². The van der Waals surface area contributed by atoms with Gasteiger partial charge in [-0.25, -0.2) is 0 Å². The highest BCUT2D eigenvalue weighted by molar-refractivity contribution is 5.84. The van der Waals surface area contributed by atoms with Gasteiger partial charge in [0.1, 0.15) is 0 Å². The van der Waals surface area contributed by atoms with Crippen molar-refractivity contribution in [1.29, 1.82) is 0 Å². The summed E-state index contributed by atoms with van der Waals surface area (Å²) in [5.41, 5.74) is 2.42. The summed E-state index contributed by atoms with van der Waals surface area (Å²) in [5, 5.41) is 0. The standard InChI is InChI=1S/C17H17NO/c1-13(14-8-4-2-5-9-14)18-16(12-17(18)19)15-10-6-3-7-11-15/h2-11,13,16H,12H2,1H3/t13-,16+/m1/s1. The Morgan fingerprint density at radius 1 is 1.00 bits per heavy atom. The van der Waals surface area contributed by atoms with Crippen LogP contribution < -0.4 is 0 Å². The van der Waals surface area contributed by atoms with E-state index in [-0.39, 0.29) is 18.0 Å². The molecule has 1 aliphatic heterocycles. The molecule has 0 N–H and O–H groups in total. The van der Waals surface area contributed by atoms with Gasteiger partial charge in [0.05, 0.1) is 18.5 Å². The number of likely N-dealkylation sites (tertiary alicyclic amines) is 1. The molecule has 2 aromatic rings. The van der Waals surface area contributed by atoms with Gasteiger partial charge in [-0.05, 0) is 18.1 Å². The number of amides is 1. The third-order valence-corrected chi connectivity index (χ3v) is 3.88. The minimum atomic E-state index is 0.132. The van der Waals surface area contributed by atoms with E-state index in [1.165, 1.54) is 11.1 Å². The molecule has 0 aromatic heterocycles. The van der Waals surface area contributed by atoms with E-state index in [0.717, 1.165) is 0 Å². The maximum Gasteiger partial charge on any atom is 0.226 e. The van der Waals surface area contributed by atoms with Crippen molar-refractivity contribution in [3.63, 3.8) is 0 Å². The van der Waals surface area contributed by atoms with E-state index in [1.54, 1.807) is 0 Å². The second-order valence-electron chi connectivity index (χ2n) is 5.02. The third-order valence-electron chi connectivity index (χ3n) is 3.88. The Morgan fingerprint density at radius 3 is 2.16 bits per heavy atom. The van der Waals surface area contributed by atoms with E-state index in [1.807, 2.05) is 41.3 Å². The smallest absolute Gasteiger partial charge is 0.226 e. The summed E-state index contributed by atoms with van der Waals surface area (Å²) < 4.78 is 0. The molecule has 1 amide bonds. The Morgan fingerprint density at radius 2 is 1.58 bits per heavy atom. The Kier molecular flexibility index (Phi) is 3.08. The number of benzene rings is 2. The summed E-state index contributed by atoms with van der Waals surface area (Å²) in [6, 6.07) is 20.8. The first kappa shape index (κ1) is 12.0. The van der Waals surface area contributed by atoms with Crippen LogP contribution in [0.5, 0.6) is 0 Å². The Balaban J connectivity index is 1.85. The molecule has 1 fully saturated rings. The maximum atomic E-state index is 12.0. The van der Waals surface area contributed by atoms with Gasteiger partial charge >= 0.3 is 0 Å². The summed E-state index contributed by atoms with van der Waals surface area (Å²) in [7, 11) is 0. The molecule has 19 heavy (non-hydrogen) atoms. The maximum absolute atomic E-state index is 12.0. The first-order chi connectivity index (χ1) is 9.27. The molecule has 0 saturated carbocycles. The van der Waals surface area contributed by atoms with Gasteiger partial charge in [0.25, 0.3) is 0 Å². The van der Waals surface area contributed by atoms with Crippen LogP contribution in [0.4, 0.5) is 0 Å². The zero-order valence-corrected chi connectivity index (χ0v) is 11.0. The molecule has 0 bridgehead atoms. The van der Waals surface area contributed by atoms with Crippen molar-refractivity contribution in [3.05, 3.63) is 71.8 Å². The first-order valence-corrected chi connectivity index (χ1v) is 6.68. The Labute approximate surface area is 113 Å². The number of rotatable bonds is 3. The number of hydrogen-bond donors (Lipinski definition) is 0. The van der Waals surface area contributed by atoms with Gasteiger partial charge in [-0.3, -0.25) is 4.79 Å². The molecular weight excluding hydrogens is 234 g/mol. The quantitative estimate of drug-likeness (QED) is 0.761. The van der Waals surface area contributed by atoms with Gasteiger partial charge in [0.2, 0.25) is 5.91 Å². The van der Waals surface area contributed by atoms with Gasteiger partial charge < -0.3 is 4.90 Å². The molecule has 0 unspecified atom stereocenters. The third kappa shape index (κ3) is 2.14. The SMILES string of the molecule is C[C@H](c1ccccc1)N1C(=O)C[C@H]1c1ccccc1. The lowest BCUT2D eigenvalue weighted by atomic mass is 9.90. The monoisotopic (exact) mass is 251 g/mol. The van der Waals surface area contributed by atoms with Crippen LogP contribution in [0.2, 0.25) is 0 Å². The Hall–Kier alpha value is -2.09. The molecule has 0 aliphatic carbocycles. The molecule has 1 heterocycles. The molecule has 2 nitrogen and oxygen atoms in total. The highest BCUT2D eigenvalue weighted by Crippen LogP contribution is 2.40. The Bertz CT molecular complexity index is 523. The van der Waals surface area contributed by atoms with Crippen LogP contribution in [-0.2, 0) is 4.79 Å². The number of nitrogens with zero attached hydrogens (tertiary/aromatic N) is 1. The van der Waals surface area contributed by atoms with Crippen LogP contribution >= 0.6 is 0 Å². The van der Waals surface area contributed by atoms with Gasteiger partial charge in [-0.15, -0.1) is 0 Å². The fraction of sp³-hybridized carbons (Fsp3) is 0.235. The minimum absolute atomic E-state index is 0.132. The van der Waals surface area contributed by atoms with E-state index in [0.29, 0.717) is 6.42 Å². The lowest BCUT2D eigenvalue weighted by Crippen LogP contribution is -2.47. The van der Waals surface area contributed by atoms with Crippen molar-refractivity contribution < 1.29 is 4.79 Å². The lowest BCUT2D eigenvalue weighted by Gasteiger charge is -2.45. The summed E-state index contributed by atoms with van der Waals surface area (Å²) >= 11 is 0. The highest BCUT2D eigenvalue weighted by Gasteiger charge is 2.40. The number of carbonyl (C=O) groups is 1. The van der Waals surface area contributed by atoms with E-state index >= 15 is 0 Å². The lowest BCUT2D eigenvalue weighted by molar-refractivity contribution is -0.150. The van der Waals surface area contributed by atoms with Gasteiger partial charge in [-0.1, -0.05) is 60.7 Å². The van der Waals surface area contributed by atoms with Crippen LogP contribution in [0.1, 0.15) is 36.6 Å². The molecule has 3 rings (SSSR count). The van der Waals surface area contributed by atoms with Gasteiger partial charge in [0.15, 0.2) is 0 Å². The summed E-state index contributed by atoms with van der Waals surface area (Å²) in [6.07, 6.45) is 0.626. The second kappa shape index (κ2) is 4.88. The predicted molar refractivity (Wildman–Crippen MR) is 75.5 cm³/mol. The van der Waals surface area contributed by atoms with E-state index < -0.39 is 0 Å². The van der Waals surface area contributed by atoms with Crippen LogP contribution in [0.3, 0.4) is 0 Å². The molecule has 2 heteroatoms. The zero-order valence-electron chi connectivity index (χ0n) is 11.0. The molecule has 2 atom stereocenters. The summed E-state index contributed by atoms with van der Waals surface area (Å²) in [4.78, 5) is 13.9. The van der Waals surface area contributed by atoms with Gasteiger partial charge in [-0.2, -0.15) is 0 Å². The average molecular weight is 251 g/mol.